The molecular formula is C15H21ClN4O. The number of halogens is 1. The predicted octanol–water partition coefficient (Wildman–Crippen LogP) is 3.78. The first-order chi connectivity index (χ1) is 9.83. The lowest BCUT2D eigenvalue weighted by Crippen LogP contribution is -2.35. The lowest BCUT2D eigenvalue weighted by atomic mass is 10.1. The topological polar surface area (TPSA) is 63.0 Å². The molecule has 0 fully saturated rings. The molecule has 1 heterocycles. The molecule has 0 spiro atoms. The number of rotatable bonds is 5. The van der Waals surface area contributed by atoms with Crippen LogP contribution in [0.25, 0.3) is 0 Å². The van der Waals surface area contributed by atoms with E-state index in [1.165, 1.54) is 0 Å². The average Bonchev–Trinajstić information content (AvgIpc) is 2.83. The van der Waals surface area contributed by atoms with Crippen LogP contribution in [0.3, 0.4) is 0 Å². The number of anilines is 1. The molecule has 0 amide bonds. The Balaban J connectivity index is 1.96. The second-order valence-electron chi connectivity index (χ2n) is 6.03. The van der Waals surface area contributed by atoms with Crippen LogP contribution in [0.15, 0.2) is 28.7 Å². The van der Waals surface area contributed by atoms with Crippen molar-refractivity contribution in [1.82, 2.24) is 15.5 Å². The summed E-state index contributed by atoms with van der Waals surface area (Å²) >= 11 is 5.99. The number of aromatic nitrogens is 2. The van der Waals surface area contributed by atoms with Crippen molar-refractivity contribution in [3.63, 3.8) is 0 Å². The SMILES string of the molecule is CC(Nc1nnc(CNC(C)(C)C)o1)c1cccc(Cl)c1. The number of nitrogens with one attached hydrogen (secondary N) is 2. The van der Waals surface area contributed by atoms with Crippen molar-refractivity contribution in [3.8, 4) is 0 Å². The molecule has 21 heavy (non-hydrogen) atoms. The normalized spacial score (nSPS) is 13.2. The minimum atomic E-state index is 0.0101. The molecule has 114 valence electrons. The molecule has 2 N–H and O–H groups in total. The van der Waals surface area contributed by atoms with E-state index in [4.69, 9.17) is 16.0 Å². The quantitative estimate of drug-likeness (QED) is 0.880. The van der Waals surface area contributed by atoms with Gasteiger partial charge in [0.05, 0.1) is 12.6 Å². The van der Waals surface area contributed by atoms with Gasteiger partial charge in [0, 0.05) is 10.6 Å². The van der Waals surface area contributed by atoms with E-state index >= 15 is 0 Å². The second kappa shape index (κ2) is 6.45. The maximum Gasteiger partial charge on any atom is 0.315 e. The van der Waals surface area contributed by atoms with Gasteiger partial charge < -0.3 is 15.1 Å². The Bertz CT molecular complexity index is 591. The predicted molar refractivity (Wildman–Crippen MR) is 84.4 cm³/mol. The molecule has 0 bridgehead atoms. The van der Waals surface area contributed by atoms with Gasteiger partial charge in [-0.25, -0.2) is 0 Å². The summed E-state index contributed by atoms with van der Waals surface area (Å²) in [7, 11) is 0. The lowest BCUT2D eigenvalue weighted by Gasteiger charge is -2.18. The second-order valence-corrected chi connectivity index (χ2v) is 6.46. The highest BCUT2D eigenvalue weighted by atomic mass is 35.5. The highest BCUT2D eigenvalue weighted by Crippen LogP contribution is 2.21. The van der Waals surface area contributed by atoms with Crippen molar-refractivity contribution in [2.75, 3.05) is 5.32 Å². The Morgan fingerprint density at radius 1 is 1.29 bits per heavy atom. The first-order valence-electron chi connectivity index (χ1n) is 6.93. The molecule has 1 unspecified atom stereocenters. The highest BCUT2D eigenvalue weighted by Gasteiger charge is 2.14. The van der Waals surface area contributed by atoms with Crippen LogP contribution in [0.4, 0.5) is 6.01 Å². The Hall–Kier alpha value is -1.59. The van der Waals surface area contributed by atoms with Gasteiger partial charge in [-0.1, -0.05) is 28.8 Å². The van der Waals surface area contributed by atoms with Crippen LogP contribution in [0.1, 0.15) is 45.2 Å². The summed E-state index contributed by atoms with van der Waals surface area (Å²) in [6.45, 7) is 8.82. The molecular weight excluding hydrogens is 288 g/mol. The average molecular weight is 309 g/mol. The van der Waals surface area contributed by atoms with Crippen LogP contribution >= 0.6 is 11.6 Å². The van der Waals surface area contributed by atoms with Crippen molar-refractivity contribution in [1.29, 1.82) is 0 Å². The fourth-order valence-corrected chi connectivity index (χ4v) is 1.97. The maximum atomic E-state index is 5.99. The molecule has 1 aromatic carbocycles. The van der Waals surface area contributed by atoms with Crippen molar-refractivity contribution >= 4 is 17.6 Å². The van der Waals surface area contributed by atoms with E-state index in [2.05, 4.69) is 41.6 Å². The van der Waals surface area contributed by atoms with Crippen LogP contribution in [0, 0.1) is 0 Å². The summed E-state index contributed by atoms with van der Waals surface area (Å²) in [6, 6.07) is 8.13. The molecule has 0 aliphatic carbocycles. The van der Waals surface area contributed by atoms with Crippen LogP contribution in [-0.2, 0) is 6.54 Å². The third-order valence-electron chi connectivity index (χ3n) is 2.93. The monoisotopic (exact) mass is 308 g/mol. The minimum absolute atomic E-state index is 0.0101. The Kier molecular flexibility index (Phi) is 4.85. The first-order valence-corrected chi connectivity index (χ1v) is 7.31. The van der Waals surface area contributed by atoms with Crippen LogP contribution in [0.5, 0.6) is 0 Å². The largest absolute Gasteiger partial charge is 0.407 e. The standard InChI is InChI=1S/C15H21ClN4O/c1-10(11-6-5-7-12(16)8-11)18-14-20-19-13(21-14)9-17-15(2,3)4/h5-8,10,17H,9H2,1-4H3,(H,18,20). The summed E-state index contributed by atoms with van der Waals surface area (Å²) in [5.41, 5.74) is 1.07. The number of hydrogen-bond acceptors (Lipinski definition) is 5. The zero-order valence-electron chi connectivity index (χ0n) is 12.8. The number of nitrogens with zero attached hydrogens (tertiary/aromatic N) is 2. The number of benzene rings is 1. The molecule has 0 aliphatic rings. The molecule has 5 nitrogen and oxygen atoms in total. The van der Waals surface area contributed by atoms with Gasteiger partial charge in [0.1, 0.15) is 0 Å². The summed E-state index contributed by atoms with van der Waals surface area (Å²) in [5.74, 6) is 0.561. The lowest BCUT2D eigenvalue weighted by molar-refractivity contribution is 0.383. The molecule has 2 rings (SSSR count). The molecule has 2 aromatic rings. The smallest absolute Gasteiger partial charge is 0.315 e. The van der Waals surface area contributed by atoms with Crippen LogP contribution < -0.4 is 10.6 Å². The van der Waals surface area contributed by atoms with Crippen molar-refractivity contribution in [2.24, 2.45) is 0 Å². The third-order valence-corrected chi connectivity index (χ3v) is 3.16. The first kappa shape index (κ1) is 15.8. The van der Waals surface area contributed by atoms with Gasteiger partial charge in [0.15, 0.2) is 0 Å². The van der Waals surface area contributed by atoms with Gasteiger partial charge in [-0.3, -0.25) is 0 Å². The van der Waals surface area contributed by atoms with Crippen LogP contribution in [-0.4, -0.2) is 15.7 Å². The fourth-order valence-electron chi connectivity index (χ4n) is 1.77. The Labute approximate surface area is 130 Å². The van der Waals surface area contributed by atoms with Gasteiger partial charge in [0.2, 0.25) is 5.89 Å². The van der Waals surface area contributed by atoms with Crippen molar-refractivity contribution in [2.45, 2.75) is 45.8 Å². The summed E-state index contributed by atoms with van der Waals surface area (Å²) < 4.78 is 5.57. The van der Waals surface area contributed by atoms with E-state index in [0.717, 1.165) is 5.56 Å². The Morgan fingerprint density at radius 3 is 2.71 bits per heavy atom. The number of hydrogen-bond donors (Lipinski definition) is 2. The highest BCUT2D eigenvalue weighted by molar-refractivity contribution is 6.30. The van der Waals surface area contributed by atoms with E-state index in [9.17, 15) is 0 Å². The summed E-state index contributed by atoms with van der Waals surface area (Å²) in [4.78, 5) is 0. The zero-order chi connectivity index (χ0) is 15.5. The van der Waals surface area contributed by atoms with Gasteiger partial charge in [-0.05, 0) is 45.4 Å². The van der Waals surface area contributed by atoms with Gasteiger partial charge in [0.25, 0.3) is 0 Å². The Morgan fingerprint density at radius 2 is 2.05 bits per heavy atom. The molecule has 0 aliphatic heterocycles. The van der Waals surface area contributed by atoms with Gasteiger partial charge in [-0.2, -0.15) is 0 Å². The van der Waals surface area contributed by atoms with E-state index in [-0.39, 0.29) is 11.6 Å². The van der Waals surface area contributed by atoms with E-state index in [0.29, 0.717) is 23.5 Å². The zero-order valence-corrected chi connectivity index (χ0v) is 13.5. The molecule has 1 atom stereocenters. The van der Waals surface area contributed by atoms with E-state index in [1.54, 1.807) is 0 Å². The molecule has 0 saturated carbocycles. The third kappa shape index (κ3) is 5.02. The summed E-state index contributed by atoms with van der Waals surface area (Å²) in [5, 5.41) is 15.2. The van der Waals surface area contributed by atoms with E-state index in [1.807, 2.05) is 31.2 Å². The van der Waals surface area contributed by atoms with Crippen molar-refractivity contribution in [3.05, 3.63) is 40.7 Å². The molecule has 1 aromatic heterocycles. The molecule has 6 heteroatoms. The van der Waals surface area contributed by atoms with Crippen molar-refractivity contribution < 1.29 is 4.42 Å². The van der Waals surface area contributed by atoms with E-state index < -0.39 is 0 Å². The fraction of sp³-hybridized carbons (Fsp3) is 0.467. The van der Waals surface area contributed by atoms with Crippen LogP contribution in [0.2, 0.25) is 5.02 Å². The molecule has 0 saturated heterocycles. The van der Waals surface area contributed by atoms with Gasteiger partial charge >= 0.3 is 6.01 Å². The summed E-state index contributed by atoms with van der Waals surface area (Å²) in [6.07, 6.45) is 0. The minimum Gasteiger partial charge on any atom is -0.407 e. The maximum absolute atomic E-state index is 5.99. The van der Waals surface area contributed by atoms with Gasteiger partial charge in [-0.15, -0.1) is 5.10 Å². The molecule has 0 radical (unpaired) electrons.